The molecule has 1 aliphatic rings. The van der Waals surface area contributed by atoms with Gasteiger partial charge in [-0.05, 0) is 31.2 Å². The van der Waals surface area contributed by atoms with Crippen molar-refractivity contribution in [3.05, 3.63) is 40.9 Å². The maximum Gasteiger partial charge on any atom is 0.292 e. The lowest BCUT2D eigenvalue weighted by molar-refractivity contribution is -0.224. The van der Waals surface area contributed by atoms with Gasteiger partial charge < -0.3 is 26.4 Å². The fraction of sp³-hybridized carbons (Fsp3) is 0.316. The summed E-state index contributed by atoms with van der Waals surface area (Å²) in [5.41, 5.74) is 11.5. The number of amidine groups is 1. The van der Waals surface area contributed by atoms with E-state index in [0.29, 0.717) is 11.3 Å². The lowest BCUT2D eigenvalue weighted by Gasteiger charge is -2.43. The van der Waals surface area contributed by atoms with Crippen LogP contribution in [-0.4, -0.2) is 77.6 Å². The molecule has 0 radical (unpaired) electrons. The van der Waals surface area contributed by atoms with Crippen LogP contribution in [0.4, 0.5) is 5.13 Å². The number of amides is 2. The summed E-state index contributed by atoms with van der Waals surface area (Å²) in [5.74, 6) is -2.17. The van der Waals surface area contributed by atoms with Gasteiger partial charge in [-0.1, -0.05) is 5.16 Å². The number of nitrogens with zero attached hydrogens (tertiary/aromatic N) is 3. The molecule has 1 fully saturated rings. The molecule has 1 aromatic heterocycles. The van der Waals surface area contributed by atoms with Crippen molar-refractivity contribution in [2.45, 2.75) is 19.0 Å². The summed E-state index contributed by atoms with van der Waals surface area (Å²) < 4.78 is 35.9. The van der Waals surface area contributed by atoms with Gasteiger partial charge >= 0.3 is 0 Å². The van der Waals surface area contributed by atoms with Crippen LogP contribution in [0.3, 0.4) is 0 Å². The summed E-state index contributed by atoms with van der Waals surface area (Å²) in [7, 11) is -4.45. The lowest BCUT2D eigenvalue weighted by Crippen LogP contribution is -2.70. The molecule has 0 saturated carbocycles. The number of aromatic nitrogens is 1. The number of benzene rings is 1. The highest BCUT2D eigenvalue weighted by molar-refractivity contribution is 7.85. The Kier molecular flexibility index (Phi) is 8.41. The number of hydrogen-bond donors (Lipinski definition) is 5. The molecule has 2 atom stereocenters. The minimum atomic E-state index is -4.45. The highest BCUT2D eigenvalue weighted by Gasteiger charge is 2.47. The Hall–Kier alpha value is -3.80. The van der Waals surface area contributed by atoms with Crippen LogP contribution in [-0.2, 0) is 29.4 Å². The average molecular weight is 542 g/mol. The molecule has 7 N–H and O–H groups in total. The van der Waals surface area contributed by atoms with Gasteiger partial charge in [0.25, 0.3) is 21.9 Å². The summed E-state index contributed by atoms with van der Waals surface area (Å²) in [6.45, 7) is 1.54. The summed E-state index contributed by atoms with van der Waals surface area (Å²) >= 11 is 1.07. The van der Waals surface area contributed by atoms with E-state index in [1.165, 1.54) is 12.3 Å². The number of hydroxylamine groups is 2. The standard InChI is InChI=1S/C19H23N7O8S2/c1-10-14(18(28)26(10)34-9-36(29,30)31)24-17(27)15(13-8-35-19(22)23-13)25-33-7-6-32-12-4-2-11(3-5-12)16(20)21/h2-5,8,10,14H,6-7,9H2,1H3,(H3,20,21)(H2,22,23)(H,24,27)(H,29,30,31)/b25-15-/t10-,14-/m0/s1. The van der Waals surface area contributed by atoms with Gasteiger partial charge in [0, 0.05) is 10.9 Å². The third-order valence-electron chi connectivity index (χ3n) is 4.71. The van der Waals surface area contributed by atoms with Crippen molar-refractivity contribution in [1.29, 1.82) is 5.41 Å². The maximum absolute atomic E-state index is 12.8. The smallest absolute Gasteiger partial charge is 0.292 e. The van der Waals surface area contributed by atoms with Crippen LogP contribution < -0.4 is 21.5 Å². The molecule has 36 heavy (non-hydrogen) atoms. The van der Waals surface area contributed by atoms with Crippen LogP contribution in [0.15, 0.2) is 34.8 Å². The number of hydrogen-bond acceptors (Lipinski definition) is 12. The molecule has 2 amide bonds. The first-order valence-corrected chi connectivity index (χ1v) is 12.7. The van der Waals surface area contributed by atoms with E-state index in [-0.39, 0.29) is 35.6 Å². The van der Waals surface area contributed by atoms with Gasteiger partial charge in [0.2, 0.25) is 5.94 Å². The van der Waals surface area contributed by atoms with Crippen molar-refractivity contribution < 1.29 is 37.0 Å². The van der Waals surface area contributed by atoms with Crippen molar-refractivity contribution in [2.75, 3.05) is 24.9 Å². The molecular formula is C19H23N7O8S2. The highest BCUT2D eigenvalue weighted by Crippen LogP contribution is 2.21. The summed E-state index contributed by atoms with van der Waals surface area (Å²) in [6, 6.07) is 4.76. The second-order valence-corrected chi connectivity index (χ2v) is 9.60. The molecule has 1 aliphatic heterocycles. The highest BCUT2D eigenvalue weighted by atomic mass is 32.2. The summed E-state index contributed by atoms with van der Waals surface area (Å²) in [5, 5.41) is 16.1. The van der Waals surface area contributed by atoms with E-state index in [9.17, 15) is 18.0 Å². The number of nitrogens with one attached hydrogen (secondary N) is 2. The second kappa shape index (κ2) is 11.3. The van der Waals surface area contributed by atoms with Gasteiger partial charge in [0.05, 0.1) is 6.04 Å². The van der Waals surface area contributed by atoms with Gasteiger partial charge in [0.15, 0.2) is 17.5 Å². The van der Waals surface area contributed by atoms with E-state index < -0.39 is 40.0 Å². The van der Waals surface area contributed by atoms with Gasteiger partial charge in [-0.15, -0.1) is 11.3 Å². The summed E-state index contributed by atoms with van der Waals surface area (Å²) in [6.07, 6.45) is 0. The number of carbonyl (C=O) groups is 2. The van der Waals surface area contributed by atoms with E-state index in [1.54, 1.807) is 24.3 Å². The molecule has 1 aromatic carbocycles. The average Bonchev–Trinajstić information content (AvgIpc) is 3.25. The van der Waals surface area contributed by atoms with Crippen LogP contribution in [0.5, 0.6) is 5.75 Å². The molecule has 0 aliphatic carbocycles. The van der Waals surface area contributed by atoms with Gasteiger partial charge in [-0.3, -0.25) is 24.4 Å². The topological polar surface area (TPSA) is 233 Å². The number of nitrogen functional groups attached to an aromatic ring is 2. The minimum Gasteiger partial charge on any atom is -0.490 e. The quantitative estimate of drug-likeness (QED) is 0.0563. The molecule has 2 aromatic rings. The number of β-lactam (4-membered cyclic amide) rings is 1. The molecule has 17 heteroatoms. The van der Waals surface area contributed by atoms with Crippen molar-refractivity contribution in [3.63, 3.8) is 0 Å². The van der Waals surface area contributed by atoms with Gasteiger partial charge in [-0.2, -0.15) is 8.42 Å². The monoisotopic (exact) mass is 541 g/mol. The molecule has 0 bridgehead atoms. The first kappa shape index (κ1) is 26.8. The maximum atomic E-state index is 12.8. The number of ether oxygens (including phenoxy) is 1. The van der Waals surface area contributed by atoms with E-state index in [2.05, 4.69) is 15.5 Å². The van der Waals surface area contributed by atoms with Crippen molar-refractivity contribution >= 4 is 49.9 Å². The van der Waals surface area contributed by atoms with Crippen LogP contribution in [0.2, 0.25) is 0 Å². The molecule has 0 unspecified atom stereocenters. The fourth-order valence-electron chi connectivity index (χ4n) is 2.93. The van der Waals surface area contributed by atoms with Crippen LogP contribution in [0.1, 0.15) is 18.2 Å². The zero-order valence-electron chi connectivity index (χ0n) is 18.8. The largest absolute Gasteiger partial charge is 0.490 e. The first-order chi connectivity index (χ1) is 17.0. The molecule has 3 rings (SSSR count). The number of oxime groups is 1. The Morgan fingerprint density at radius 2 is 2.03 bits per heavy atom. The van der Waals surface area contributed by atoms with Crippen molar-refractivity contribution in [2.24, 2.45) is 10.9 Å². The third kappa shape index (κ3) is 6.87. The van der Waals surface area contributed by atoms with Gasteiger partial charge in [0.1, 0.15) is 29.9 Å². The van der Waals surface area contributed by atoms with Crippen LogP contribution >= 0.6 is 11.3 Å². The van der Waals surface area contributed by atoms with Crippen molar-refractivity contribution in [3.8, 4) is 5.75 Å². The molecule has 1 saturated heterocycles. The van der Waals surface area contributed by atoms with Crippen LogP contribution in [0, 0.1) is 5.41 Å². The number of anilines is 1. The molecule has 0 spiro atoms. The predicted molar refractivity (Wildman–Crippen MR) is 128 cm³/mol. The molecule has 2 heterocycles. The zero-order chi connectivity index (χ0) is 26.5. The Labute approximate surface area is 209 Å². The third-order valence-corrected chi connectivity index (χ3v) is 5.78. The second-order valence-electron chi connectivity index (χ2n) is 7.32. The minimum absolute atomic E-state index is 0.0408. The molecule has 15 nitrogen and oxygen atoms in total. The Balaban J connectivity index is 1.58. The number of thiazole rings is 1. The van der Waals surface area contributed by atoms with E-state index in [4.69, 9.17) is 35.8 Å². The molecule has 194 valence electrons. The molecular weight excluding hydrogens is 518 g/mol. The summed E-state index contributed by atoms with van der Waals surface area (Å²) in [4.78, 5) is 39.1. The number of nitrogens with two attached hydrogens (primary N) is 2. The predicted octanol–water partition coefficient (Wildman–Crippen LogP) is -0.699. The normalized spacial score (nSPS) is 17.9. The van der Waals surface area contributed by atoms with E-state index >= 15 is 0 Å². The van der Waals surface area contributed by atoms with E-state index in [1.807, 2.05) is 0 Å². The van der Waals surface area contributed by atoms with E-state index in [0.717, 1.165) is 16.4 Å². The SMILES string of the molecule is C[C@H]1[C@H](NC(=O)/C(=N\OCCOc2ccc(C(=N)N)cc2)c2csc(N)n2)C(=O)N1OCS(=O)(=O)O. The lowest BCUT2D eigenvalue weighted by atomic mass is 10.00. The van der Waals surface area contributed by atoms with Gasteiger partial charge in [-0.25, -0.2) is 10.0 Å². The first-order valence-electron chi connectivity index (χ1n) is 10.2. The number of rotatable bonds is 12. The fourth-order valence-corrected chi connectivity index (χ4v) is 3.73. The number of carbonyl (C=O) groups excluding carboxylic acids is 2. The Bertz CT molecular complexity index is 1260. The van der Waals surface area contributed by atoms with Crippen molar-refractivity contribution in [1.82, 2.24) is 15.4 Å². The Morgan fingerprint density at radius 3 is 2.58 bits per heavy atom. The van der Waals surface area contributed by atoms with Crippen LogP contribution in [0.25, 0.3) is 0 Å². The zero-order valence-corrected chi connectivity index (χ0v) is 20.4. The Morgan fingerprint density at radius 1 is 1.33 bits per heavy atom.